The van der Waals surface area contributed by atoms with Gasteiger partial charge in [-0.2, -0.15) is 8.42 Å². The van der Waals surface area contributed by atoms with E-state index in [4.69, 9.17) is 9.18 Å². The summed E-state index contributed by atoms with van der Waals surface area (Å²) < 4.78 is 32.9. The number of non-ortho nitro benzene ring substituents is 1. The fourth-order valence-corrected chi connectivity index (χ4v) is 7.97. The van der Waals surface area contributed by atoms with Gasteiger partial charge in [0.1, 0.15) is 10.6 Å². The zero-order valence-electron chi connectivity index (χ0n) is 25.1. The Morgan fingerprint density at radius 2 is 1.71 bits per heavy atom. The van der Waals surface area contributed by atoms with Crippen LogP contribution in [-0.2, 0) is 16.5 Å². The first kappa shape index (κ1) is 30.9. The van der Waals surface area contributed by atoms with E-state index in [9.17, 15) is 33.4 Å². The van der Waals surface area contributed by atoms with E-state index in [-0.39, 0.29) is 27.6 Å². The van der Waals surface area contributed by atoms with Gasteiger partial charge in [0.25, 0.3) is 16.9 Å². The predicted molar refractivity (Wildman–Crippen MR) is 178 cm³/mol. The summed E-state index contributed by atoms with van der Waals surface area (Å²) in [5.74, 6) is -0.0196. The van der Waals surface area contributed by atoms with Crippen molar-refractivity contribution in [3.05, 3.63) is 164 Å². The molecule has 240 valence electrons. The molecule has 0 fully saturated rings. The first-order chi connectivity index (χ1) is 23.0. The molecule has 14 heteroatoms. The Kier molecular flexibility index (Phi) is 7.60. The summed E-state index contributed by atoms with van der Waals surface area (Å²) in [5.41, 5.74) is 4.57. The molecular weight excluding hydrogens is 657 g/mol. The molecular formula is C34H24N4O8S2. The summed E-state index contributed by atoms with van der Waals surface area (Å²) in [7, 11) is -4.36. The maximum absolute atomic E-state index is 14.0. The molecule has 1 aromatic heterocycles. The summed E-state index contributed by atoms with van der Waals surface area (Å²) in [6, 6.07) is 23.2. The van der Waals surface area contributed by atoms with Crippen LogP contribution in [-0.4, -0.2) is 22.8 Å². The van der Waals surface area contributed by atoms with Crippen molar-refractivity contribution in [3.63, 3.8) is 0 Å². The number of allylic oxidation sites excluding steroid dienone is 1. The predicted octanol–water partition coefficient (Wildman–Crippen LogP) is 5.21. The van der Waals surface area contributed by atoms with E-state index in [0.717, 1.165) is 34.9 Å². The Morgan fingerprint density at radius 1 is 0.938 bits per heavy atom. The average Bonchev–Trinajstić information content (AvgIpc) is 3.38. The van der Waals surface area contributed by atoms with Crippen molar-refractivity contribution >= 4 is 44.6 Å². The van der Waals surface area contributed by atoms with Gasteiger partial charge in [0.15, 0.2) is 4.80 Å². The molecule has 12 nitrogen and oxygen atoms in total. The normalized spacial score (nSPS) is 15.6. The van der Waals surface area contributed by atoms with Gasteiger partial charge in [0.05, 0.1) is 26.1 Å². The van der Waals surface area contributed by atoms with Crippen LogP contribution >= 0.6 is 11.3 Å². The van der Waals surface area contributed by atoms with Crippen molar-refractivity contribution < 1.29 is 22.4 Å². The fraction of sp³-hybridized carbons (Fsp3) is 0.118. The SMILES string of the molecule is Cc1ccc(S(=O)(=O)Oc2ccc(/C=c3/sc4n(c3=O)[C@@H](c3cccc([N+](=O)[O-])c3)C3=C(N=4)c4ccccc4CC3)cc2)cc1[N+](=O)[O-]. The quantitative estimate of drug-likeness (QED) is 0.128. The number of aryl methyl sites for hydroxylation is 2. The molecule has 0 bridgehead atoms. The lowest BCUT2D eigenvalue weighted by Crippen LogP contribution is -2.38. The van der Waals surface area contributed by atoms with Gasteiger partial charge < -0.3 is 4.18 Å². The van der Waals surface area contributed by atoms with Gasteiger partial charge in [-0.3, -0.25) is 29.6 Å². The third-order valence-electron chi connectivity index (χ3n) is 8.32. The second kappa shape index (κ2) is 11.8. The Labute approximate surface area is 276 Å². The van der Waals surface area contributed by atoms with Crippen molar-refractivity contribution in [2.75, 3.05) is 0 Å². The summed E-state index contributed by atoms with van der Waals surface area (Å²) in [4.78, 5) is 40.9. The van der Waals surface area contributed by atoms with Crippen LogP contribution in [0.5, 0.6) is 5.75 Å². The van der Waals surface area contributed by atoms with Crippen LogP contribution in [0.3, 0.4) is 0 Å². The molecule has 2 heterocycles. The highest BCUT2D eigenvalue weighted by molar-refractivity contribution is 7.87. The molecule has 48 heavy (non-hydrogen) atoms. The summed E-state index contributed by atoms with van der Waals surface area (Å²) in [6.45, 7) is 1.51. The number of benzene rings is 4. The number of nitro benzene ring substituents is 2. The van der Waals surface area contributed by atoms with E-state index >= 15 is 0 Å². The molecule has 0 saturated heterocycles. The monoisotopic (exact) mass is 680 g/mol. The second-order valence-electron chi connectivity index (χ2n) is 11.3. The Bertz CT molecular complexity index is 2500. The Morgan fingerprint density at radius 3 is 2.46 bits per heavy atom. The van der Waals surface area contributed by atoms with E-state index in [2.05, 4.69) is 6.07 Å². The molecule has 0 unspecified atom stereocenters. The van der Waals surface area contributed by atoms with Crippen molar-refractivity contribution in [2.45, 2.75) is 30.7 Å². The smallest absolute Gasteiger partial charge is 0.339 e. The maximum Gasteiger partial charge on any atom is 0.339 e. The van der Waals surface area contributed by atoms with Crippen LogP contribution < -0.4 is 19.1 Å². The molecule has 0 spiro atoms. The van der Waals surface area contributed by atoms with E-state index in [1.54, 1.807) is 34.9 Å². The van der Waals surface area contributed by atoms with Crippen LogP contribution in [0.2, 0.25) is 0 Å². The Balaban J connectivity index is 1.27. The van der Waals surface area contributed by atoms with Crippen molar-refractivity contribution in [1.29, 1.82) is 0 Å². The number of hydrogen-bond acceptors (Lipinski definition) is 10. The van der Waals surface area contributed by atoms with E-state index in [1.165, 1.54) is 54.7 Å². The van der Waals surface area contributed by atoms with Gasteiger partial charge in [-0.15, -0.1) is 0 Å². The van der Waals surface area contributed by atoms with E-state index in [1.807, 2.05) is 18.2 Å². The van der Waals surface area contributed by atoms with Gasteiger partial charge >= 0.3 is 10.1 Å². The number of aromatic nitrogens is 1. The van der Waals surface area contributed by atoms with Crippen molar-refractivity contribution in [1.82, 2.24) is 4.57 Å². The first-order valence-corrected chi connectivity index (χ1v) is 16.9. The molecule has 1 atom stereocenters. The van der Waals surface area contributed by atoms with Crippen LogP contribution in [0.25, 0.3) is 11.8 Å². The minimum atomic E-state index is -4.36. The number of nitrogens with zero attached hydrogens (tertiary/aromatic N) is 4. The summed E-state index contributed by atoms with van der Waals surface area (Å²) in [5, 5.41) is 23.0. The fourth-order valence-electron chi connectivity index (χ4n) is 6.02. The highest BCUT2D eigenvalue weighted by atomic mass is 32.2. The number of rotatable bonds is 7. The van der Waals surface area contributed by atoms with Crippen LogP contribution in [0.1, 0.15) is 40.3 Å². The summed E-state index contributed by atoms with van der Waals surface area (Å²) >= 11 is 1.19. The molecule has 2 aliphatic rings. The first-order valence-electron chi connectivity index (χ1n) is 14.7. The second-order valence-corrected chi connectivity index (χ2v) is 13.8. The van der Waals surface area contributed by atoms with E-state index < -0.39 is 26.0 Å². The highest BCUT2D eigenvalue weighted by Gasteiger charge is 2.33. The van der Waals surface area contributed by atoms with Gasteiger partial charge in [-0.1, -0.05) is 65.9 Å². The van der Waals surface area contributed by atoms with Gasteiger partial charge in [-0.25, -0.2) is 4.99 Å². The molecule has 0 saturated carbocycles. The molecule has 0 N–H and O–H groups in total. The molecule has 7 rings (SSSR count). The van der Waals surface area contributed by atoms with Crippen LogP contribution in [0.15, 0.2) is 111 Å². The van der Waals surface area contributed by atoms with Gasteiger partial charge in [0, 0.05) is 29.3 Å². The number of thiazole rings is 1. The largest absolute Gasteiger partial charge is 0.379 e. The number of fused-ring (bicyclic) bond motifs is 3. The molecule has 1 aliphatic carbocycles. The zero-order chi connectivity index (χ0) is 33.7. The highest BCUT2D eigenvalue weighted by Crippen LogP contribution is 2.41. The lowest BCUT2D eigenvalue weighted by Gasteiger charge is -2.30. The molecule has 5 aromatic rings. The Hall–Kier alpha value is -5.73. The lowest BCUT2D eigenvalue weighted by molar-refractivity contribution is -0.385. The van der Waals surface area contributed by atoms with Crippen molar-refractivity contribution in [2.24, 2.45) is 4.99 Å². The summed E-state index contributed by atoms with van der Waals surface area (Å²) in [6.07, 6.45) is 3.03. The third kappa shape index (κ3) is 5.50. The van der Waals surface area contributed by atoms with Gasteiger partial charge in [-0.05, 0) is 66.3 Å². The maximum atomic E-state index is 14.0. The molecule has 4 aromatic carbocycles. The zero-order valence-corrected chi connectivity index (χ0v) is 26.7. The standard InChI is InChI=1S/C34H24N4O8S2/c1-20-9-15-26(19-29(20)38(42)43)48(44,45)46-25-13-10-21(11-14-25)17-30-33(39)36-32(23-6-4-7-24(18-23)37(40)41)28-16-12-22-5-2-3-8-27(22)31(28)35-34(36)47-30/h2-11,13-15,17-19,32H,12,16H2,1H3/b30-17+/t32-/m0/s1. The van der Waals surface area contributed by atoms with Gasteiger partial charge in [0.2, 0.25) is 0 Å². The molecule has 0 amide bonds. The molecule has 0 radical (unpaired) electrons. The topological polar surface area (TPSA) is 164 Å². The lowest BCUT2D eigenvalue weighted by atomic mass is 9.83. The van der Waals surface area contributed by atoms with Crippen molar-refractivity contribution in [3.8, 4) is 5.75 Å². The number of hydrogen-bond donors (Lipinski definition) is 0. The van der Waals surface area contributed by atoms with Crippen LogP contribution in [0, 0.1) is 27.2 Å². The van der Waals surface area contributed by atoms with E-state index in [0.29, 0.717) is 32.4 Å². The number of nitro groups is 2. The average molecular weight is 681 g/mol. The third-order valence-corrected chi connectivity index (χ3v) is 10.5. The minimum absolute atomic E-state index is 0.0196. The molecule has 1 aliphatic heterocycles. The van der Waals surface area contributed by atoms with Crippen LogP contribution in [0.4, 0.5) is 11.4 Å². The minimum Gasteiger partial charge on any atom is -0.379 e.